The minimum atomic E-state index is -4.40. The molecule has 0 aromatic heterocycles. The lowest BCUT2D eigenvalue weighted by atomic mass is 10.0. The summed E-state index contributed by atoms with van der Waals surface area (Å²) in [7, 11) is 1.64. The number of benzene rings is 1. The summed E-state index contributed by atoms with van der Waals surface area (Å²) in [6.07, 6.45) is 0.0962. The Morgan fingerprint density at radius 2 is 1.89 bits per heavy atom. The summed E-state index contributed by atoms with van der Waals surface area (Å²) >= 11 is 0. The predicted molar refractivity (Wildman–Crippen MR) is 115 cm³/mol. The van der Waals surface area contributed by atoms with Gasteiger partial charge in [-0.1, -0.05) is 18.9 Å². The van der Waals surface area contributed by atoms with Crippen molar-refractivity contribution in [3.05, 3.63) is 29.3 Å². The van der Waals surface area contributed by atoms with E-state index in [9.17, 15) is 13.2 Å². The number of rotatable bonds is 4. The van der Waals surface area contributed by atoms with E-state index in [1.165, 1.54) is 18.9 Å². The lowest BCUT2D eigenvalue weighted by Crippen LogP contribution is -2.42. The smallest absolute Gasteiger partial charge is 0.378 e. The van der Waals surface area contributed by atoms with Crippen LogP contribution in [0, 0.1) is 0 Å². The maximum Gasteiger partial charge on any atom is 0.416 e. The molecule has 9 heteroatoms. The number of hydrogen-bond donors (Lipinski definition) is 2. The summed E-state index contributed by atoms with van der Waals surface area (Å²) in [5, 5.41) is 6.32. The molecule has 1 aromatic carbocycles. The fraction of sp³-hybridized carbons (Fsp3) is 0.632. The predicted octanol–water partition coefficient (Wildman–Crippen LogP) is 3.77. The van der Waals surface area contributed by atoms with E-state index < -0.39 is 11.7 Å². The van der Waals surface area contributed by atoms with Gasteiger partial charge in [0.1, 0.15) is 0 Å². The Labute approximate surface area is 181 Å². The molecule has 0 spiro atoms. The van der Waals surface area contributed by atoms with Crippen LogP contribution in [0.15, 0.2) is 23.2 Å². The van der Waals surface area contributed by atoms with Gasteiger partial charge in [0.15, 0.2) is 5.96 Å². The highest BCUT2D eigenvalue weighted by Crippen LogP contribution is 2.35. The second-order valence-corrected chi connectivity index (χ2v) is 6.99. The lowest BCUT2D eigenvalue weighted by Gasteiger charge is -2.30. The lowest BCUT2D eigenvalue weighted by molar-refractivity contribution is -0.138. The van der Waals surface area contributed by atoms with E-state index in [1.807, 2.05) is 4.90 Å². The third-order valence-electron chi connectivity index (χ3n) is 5.14. The average molecular weight is 512 g/mol. The molecule has 0 atom stereocenters. The van der Waals surface area contributed by atoms with Gasteiger partial charge in [0.25, 0.3) is 0 Å². The minimum Gasteiger partial charge on any atom is -0.378 e. The van der Waals surface area contributed by atoms with E-state index in [4.69, 9.17) is 4.74 Å². The third-order valence-corrected chi connectivity index (χ3v) is 5.14. The molecule has 1 aliphatic carbocycles. The largest absolute Gasteiger partial charge is 0.416 e. The van der Waals surface area contributed by atoms with Gasteiger partial charge >= 0.3 is 6.18 Å². The van der Waals surface area contributed by atoms with Crippen molar-refractivity contribution in [1.29, 1.82) is 0 Å². The van der Waals surface area contributed by atoms with Crippen molar-refractivity contribution < 1.29 is 17.9 Å². The van der Waals surface area contributed by atoms with Gasteiger partial charge in [-0.05, 0) is 30.5 Å². The number of hydrogen-bond acceptors (Lipinski definition) is 3. The summed E-state index contributed by atoms with van der Waals surface area (Å²) in [5.41, 5.74) is 0.201. The number of guanidine groups is 1. The number of alkyl halides is 3. The fourth-order valence-electron chi connectivity index (χ4n) is 3.64. The maximum atomic E-state index is 13.6. The molecule has 0 radical (unpaired) electrons. The van der Waals surface area contributed by atoms with E-state index in [0.717, 1.165) is 12.8 Å². The van der Waals surface area contributed by atoms with E-state index >= 15 is 0 Å². The molecule has 1 aliphatic heterocycles. The van der Waals surface area contributed by atoms with Crippen LogP contribution in [-0.4, -0.2) is 45.4 Å². The van der Waals surface area contributed by atoms with Crippen LogP contribution < -0.4 is 15.5 Å². The van der Waals surface area contributed by atoms with Crippen LogP contribution in [0.25, 0.3) is 0 Å². The molecule has 2 fully saturated rings. The number of aliphatic imine (C=N–C) groups is 1. The number of halogens is 4. The zero-order valence-electron chi connectivity index (χ0n) is 16.0. The van der Waals surface area contributed by atoms with Gasteiger partial charge in [0.2, 0.25) is 0 Å². The summed E-state index contributed by atoms with van der Waals surface area (Å²) in [5.74, 6) is 0.548. The zero-order valence-corrected chi connectivity index (χ0v) is 18.3. The van der Waals surface area contributed by atoms with Gasteiger partial charge < -0.3 is 20.3 Å². The zero-order chi connectivity index (χ0) is 19.3. The molecule has 2 N–H and O–H groups in total. The van der Waals surface area contributed by atoms with Crippen LogP contribution in [0.2, 0.25) is 0 Å². The van der Waals surface area contributed by atoms with Crippen LogP contribution in [0.5, 0.6) is 0 Å². The topological polar surface area (TPSA) is 48.9 Å². The highest BCUT2D eigenvalue weighted by atomic mass is 127. The normalized spacial score (nSPS) is 18.7. The second kappa shape index (κ2) is 10.5. The molecule has 1 saturated carbocycles. The van der Waals surface area contributed by atoms with Crippen molar-refractivity contribution in [3.8, 4) is 0 Å². The van der Waals surface area contributed by atoms with Crippen molar-refractivity contribution in [1.82, 2.24) is 10.6 Å². The van der Waals surface area contributed by atoms with Crippen LogP contribution in [0.3, 0.4) is 0 Å². The maximum absolute atomic E-state index is 13.6. The number of nitrogens with one attached hydrogen (secondary N) is 2. The highest BCUT2D eigenvalue weighted by molar-refractivity contribution is 14.0. The molecular formula is C19H28F3IN4O. The van der Waals surface area contributed by atoms with E-state index in [1.54, 1.807) is 19.2 Å². The van der Waals surface area contributed by atoms with Gasteiger partial charge in [0.05, 0.1) is 18.8 Å². The van der Waals surface area contributed by atoms with Gasteiger partial charge in [-0.15, -0.1) is 24.0 Å². The van der Waals surface area contributed by atoms with Gasteiger partial charge in [-0.2, -0.15) is 13.2 Å². The molecule has 0 amide bonds. The number of nitrogens with zero attached hydrogens (tertiary/aromatic N) is 2. The van der Waals surface area contributed by atoms with E-state index in [-0.39, 0.29) is 36.1 Å². The molecule has 158 valence electrons. The molecule has 2 aliphatic rings. The Morgan fingerprint density at radius 3 is 2.50 bits per heavy atom. The molecule has 3 rings (SSSR count). The van der Waals surface area contributed by atoms with Crippen LogP contribution in [0.4, 0.5) is 18.9 Å². The summed E-state index contributed by atoms with van der Waals surface area (Å²) < 4.78 is 46.1. The number of anilines is 1. The van der Waals surface area contributed by atoms with Crippen LogP contribution in [-0.2, 0) is 17.5 Å². The Bertz CT molecular complexity index is 657. The second-order valence-electron chi connectivity index (χ2n) is 6.99. The van der Waals surface area contributed by atoms with Crippen molar-refractivity contribution in [3.63, 3.8) is 0 Å². The Morgan fingerprint density at radius 1 is 1.21 bits per heavy atom. The standard InChI is InChI=1S/C19H27F3N4O.HI/c1-23-18(25-15-4-2-3-5-15)24-13-14-6-7-16(12-17(14)19(20,21)22)26-8-10-27-11-9-26;/h6-7,12,15H,2-5,8-11,13H2,1H3,(H2,23,24,25);1H. The summed E-state index contributed by atoms with van der Waals surface area (Å²) in [6.45, 7) is 2.35. The van der Waals surface area contributed by atoms with Crippen molar-refractivity contribution in [2.75, 3.05) is 38.3 Å². The summed E-state index contributed by atoms with van der Waals surface area (Å²) in [6, 6.07) is 4.91. The Kier molecular flexibility index (Phi) is 8.66. The molecular weight excluding hydrogens is 484 g/mol. The van der Waals surface area contributed by atoms with Crippen LogP contribution >= 0.6 is 24.0 Å². The SMILES string of the molecule is CN=C(NCc1ccc(N2CCOCC2)cc1C(F)(F)F)NC1CCCC1.I. The van der Waals surface area contributed by atoms with Gasteiger partial charge in [0, 0.05) is 38.4 Å². The van der Waals surface area contributed by atoms with Gasteiger partial charge in [-0.25, -0.2) is 0 Å². The Hall–Kier alpha value is -1.23. The molecule has 1 aromatic rings. The summed E-state index contributed by atoms with van der Waals surface area (Å²) in [4.78, 5) is 6.07. The first-order chi connectivity index (χ1) is 13.0. The molecule has 1 heterocycles. The highest BCUT2D eigenvalue weighted by Gasteiger charge is 2.34. The monoisotopic (exact) mass is 512 g/mol. The first kappa shape index (κ1) is 23.1. The van der Waals surface area contributed by atoms with Crippen LogP contribution in [0.1, 0.15) is 36.8 Å². The van der Waals surface area contributed by atoms with E-state index in [2.05, 4.69) is 15.6 Å². The average Bonchev–Trinajstić information content (AvgIpc) is 3.18. The first-order valence-electron chi connectivity index (χ1n) is 9.47. The Balaban J connectivity index is 0.00000280. The number of ether oxygens (including phenoxy) is 1. The first-order valence-corrected chi connectivity index (χ1v) is 9.47. The quantitative estimate of drug-likeness (QED) is 0.367. The van der Waals surface area contributed by atoms with Crippen molar-refractivity contribution in [2.45, 2.75) is 44.4 Å². The fourth-order valence-corrected chi connectivity index (χ4v) is 3.64. The van der Waals surface area contributed by atoms with Crippen molar-refractivity contribution >= 4 is 35.6 Å². The molecule has 0 unspecified atom stereocenters. The third kappa shape index (κ3) is 6.13. The molecule has 5 nitrogen and oxygen atoms in total. The van der Waals surface area contributed by atoms with Crippen molar-refractivity contribution in [2.24, 2.45) is 4.99 Å². The minimum absolute atomic E-state index is 0. The van der Waals surface area contributed by atoms with Gasteiger partial charge in [-0.3, -0.25) is 4.99 Å². The van der Waals surface area contributed by atoms with E-state index in [0.29, 0.717) is 44.0 Å². The number of morpholine rings is 1. The molecule has 28 heavy (non-hydrogen) atoms. The molecule has 0 bridgehead atoms. The molecule has 1 saturated heterocycles.